The van der Waals surface area contributed by atoms with Crippen LogP contribution in [0.3, 0.4) is 0 Å². The predicted molar refractivity (Wildman–Crippen MR) is 131 cm³/mol. The number of nitrogens with zero attached hydrogens (tertiary/aromatic N) is 4. The lowest BCUT2D eigenvalue weighted by Crippen LogP contribution is -2.35. The van der Waals surface area contributed by atoms with Gasteiger partial charge in [-0.15, -0.1) is 0 Å². The Morgan fingerprint density at radius 2 is 1.67 bits per heavy atom. The highest BCUT2D eigenvalue weighted by atomic mass is 16.5. The molecule has 6 nitrogen and oxygen atoms in total. The van der Waals surface area contributed by atoms with E-state index >= 15 is 0 Å². The van der Waals surface area contributed by atoms with Crippen LogP contribution in [-0.2, 0) is 6.42 Å². The maximum atomic E-state index is 5.48. The first-order valence-electron chi connectivity index (χ1n) is 11.5. The van der Waals surface area contributed by atoms with Crippen LogP contribution in [0.5, 0.6) is 11.5 Å². The fourth-order valence-electron chi connectivity index (χ4n) is 4.76. The Bertz CT molecular complexity index is 1240. The maximum absolute atomic E-state index is 5.48. The molecule has 0 bridgehead atoms. The lowest BCUT2D eigenvalue weighted by atomic mass is 9.90. The highest BCUT2D eigenvalue weighted by Crippen LogP contribution is 2.33. The number of anilines is 1. The third-order valence-corrected chi connectivity index (χ3v) is 6.52. The van der Waals surface area contributed by atoms with Gasteiger partial charge in [-0.25, -0.2) is 4.98 Å². The Morgan fingerprint density at radius 1 is 0.909 bits per heavy atom. The summed E-state index contributed by atoms with van der Waals surface area (Å²) in [6.07, 6.45) is 3.52. The van der Waals surface area contributed by atoms with Gasteiger partial charge in [0.25, 0.3) is 0 Å². The van der Waals surface area contributed by atoms with E-state index in [1.165, 1.54) is 18.4 Å². The van der Waals surface area contributed by atoms with Crippen LogP contribution >= 0.6 is 0 Å². The van der Waals surface area contributed by atoms with Gasteiger partial charge in [-0.3, -0.25) is 0 Å². The van der Waals surface area contributed by atoms with Crippen molar-refractivity contribution in [1.29, 1.82) is 0 Å². The number of hydrogen-bond acceptors (Lipinski definition) is 5. The standard InChI is InChI=1S/C27H30N4O2/c1-19-15-27(30-13-11-21(12-14-30)16-20-7-5-4-6-8-20)31-26(28-19)18-23(29-31)22-9-10-24(32-2)25(17-22)33-3/h4-10,15,17-18,21H,11-14,16H2,1-3H3. The van der Waals surface area contributed by atoms with Crippen LogP contribution < -0.4 is 14.4 Å². The Kier molecular flexibility index (Phi) is 5.90. The number of ether oxygens (including phenoxy) is 2. The van der Waals surface area contributed by atoms with Crippen LogP contribution in [0.25, 0.3) is 16.9 Å². The van der Waals surface area contributed by atoms with Crippen molar-refractivity contribution < 1.29 is 9.47 Å². The zero-order valence-corrected chi connectivity index (χ0v) is 19.5. The molecular weight excluding hydrogens is 412 g/mol. The molecule has 33 heavy (non-hydrogen) atoms. The molecule has 0 unspecified atom stereocenters. The monoisotopic (exact) mass is 442 g/mol. The van der Waals surface area contributed by atoms with Crippen molar-refractivity contribution in [2.24, 2.45) is 5.92 Å². The molecule has 0 radical (unpaired) electrons. The molecule has 6 heteroatoms. The first-order valence-corrected chi connectivity index (χ1v) is 11.5. The van der Waals surface area contributed by atoms with Gasteiger partial charge < -0.3 is 14.4 Å². The summed E-state index contributed by atoms with van der Waals surface area (Å²) in [6, 6.07) is 20.9. The Balaban J connectivity index is 1.40. The number of rotatable bonds is 6. The lowest BCUT2D eigenvalue weighted by Gasteiger charge is -2.33. The van der Waals surface area contributed by atoms with Crippen molar-refractivity contribution in [3.63, 3.8) is 0 Å². The fraction of sp³-hybridized carbons (Fsp3) is 0.333. The third kappa shape index (κ3) is 4.38. The molecule has 0 atom stereocenters. The minimum atomic E-state index is 0.692. The van der Waals surface area contributed by atoms with E-state index in [4.69, 9.17) is 19.6 Å². The number of piperidine rings is 1. The number of benzene rings is 2. The number of aryl methyl sites for hydroxylation is 1. The average molecular weight is 443 g/mol. The van der Waals surface area contributed by atoms with Crippen molar-refractivity contribution in [1.82, 2.24) is 14.6 Å². The molecule has 0 aliphatic carbocycles. The van der Waals surface area contributed by atoms with Crippen LogP contribution in [0.15, 0.2) is 60.7 Å². The van der Waals surface area contributed by atoms with Gasteiger partial charge in [0.2, 0.25) is 0 Å². The van der Waals surface area contributed by atoms with Gasteiger partial charge in [0.05, 0.1) is 19.9 Å². The Morgan fingerprint density at radius 3 is 2.39 bits per heavy atom. The van der Waals surface area contributed by atoms with E-state index in [1.807, 2.05) is 28.8 Å². The van der Waals surface area contributed by atoms with E-state index in [1.54, 1.807) is 14.2 Å². The normalized spacial score (nSPS) is 14.6. The van der Waals surface area contributed by atoms with Gasteiger partial charge in [-0.1, -0.05) is 30.3 Å². The van der Waals surface area contributed by atoms with E-state index in [9.17, 15) is 0 Å². The summed E-state index contributed by atoms with van der Waals surface area (Å²) in [5, 5.41) is 4.93. The van der Waals surface area contributed by atoms with Gasteiger partial charge >= 0.3 is 0 Å². The van der Waals surface area contributed by atoms with Crippen molar-refractivity contribution in [2.75, 3.05) is 32.2 Å². The lowest BCUT2D eigenvalue weighted by molar-refractivity contribution is 0.355. The molecule has 3 heterocycles. The van der Waals surface area contributed by atoms with E-state index < -0.39 is 0 Å². The number of fused-ring (bicyclic) bond motifs is 1. The van der Waals surface area contributed by atoms with Crippen molar-refractivity contribution in [3.05, 3.63) is 71.9 Å². The predicted octanol–water partition coefficient (Wildman–Crippen LogP) is 5.18. The highest BCUT2D eigenvalue weighted by molar-refractivity contribution is 5.68. The van der Waals surface area contributed by atoms with Crippen molar-refractivity contribution >= 4 is 11.5 Å². The quantitative estimate of drug-likeness (QED) is 0.412. The smallest absolute Gasteiger partial charge is 0.161 e. The molecule has 0 N–H and O–H groups in total. The zero-order valence-electron chi connectivity index (χ0n) is 19.5. The van der Waals surface area contributed by atoms with Gasteiger partial charge in [0, 0.05) is 36.5 Å². The maximum Gasteiger partial charge on any atom is 0.161 e. The van der Waals surface area contributed by atoms with E-state index in [-0.39, 0.29) is 0 Å². The van der Waals surface area contributed by atoms with Crippen LogP contribution in [-0.4, -0.2) is 41.9 Å². The second kappa shape index (κ2) is 9.14. The van der Waals surface area contributed by atoms with Gasteiger partial charge in [-0.2, -0.15) is 9.61 Å². The Labute approximate surface area is 194 Å². The summed E-state index contributed by atoms with van der Waals surface area (Å²) in [5.74, 6) is 3.24. The topological polar surface area (TPSA) is 51.9 Å². The number of aromatic nitrogens is 3. The molecule has 1 aliphatic heterocycles. The largest absolute Gasteiger partial charge is 0.493 e. The van der Waals surface area contributed by atoms with Crippen LogP contribution in [0.1, 0.15) is 24.1 Å². The molecule has 0 spiro atoms. The summed E-state index contributed by atoms with van der Waals surface area (Å²) in [5.41, 5.74) is 5.14. The summed E-state index contributed by atoms with van der Waals surface area (Å²) in [4.78, 5) is 7.20. The van der Waals surface area contributed by atoms with E-state index in [2.05, 4.69) is 48.2 Å². The molecule has 1 saturated heterocycles. The summed E-state index contributed by atoms with van der Waals surface area (Å²) >= 11 is 0. The van der Waals surface area contributed by atoms with Gasteiger partial charge in [0.1, 0.15) is 5.82 Å². The molecule has 170 valence electrons. The third-order valence-electron chi connectivity index (χ3n) is 6.52. The second-order valence-electron chi connectivity index (χ2n) is 8.75. The molecule has 2 aromatic heterocycles. The minimum absolute atomic E-state index is 0.692. The Hall–Kier alpha value is -3.54. The summed E-state index contributed by atoms with van der Waals surface area (Å²) in [7, 11) is 3.29. The first-order chi connectivity index (χ1) is 16.1. The number of methoxy groups -OCH3 is 2. The van der Waals surface area contributed by atoms with E-state index in [0.29, 0.717) is 11.5 Å². The number of hydrogen-bond donors (Lipinski definition) is 0. The van der Waals surface area contributed by atoms with Crippen LogP contribution in [0.4, 0.5) is 5.82 Å². The van der Waals surface area contributed by atoms with Crippen molar-refractivity contribution in [2.45, 2.75) is 26.2 Å². The molecule has 2 aromatic carbocycles. The van der Waals surface area contributed by atoms with Crippen molar-refractivity contribution in [3.8, 4) is 22.8 Å². The van der Waals surface area contributed by atoms with Crippen LogP contribution in [0, 0.1) is 12.8 Å². The second-order valence-corrected chi connectivity index (χ2v) is 8.75. The highest BCUT2D eigenvalue weighted by Gasteiger charge is 2.22. The van der Waals surface area contributed by atoms with Gasteiger partial charge in [0.15, 0.2) is 17.1 Å². The molecule has 5 rings (SSSR count). The molecular formula is C27H30N4O2. The SMILES string of the molecule is COc1ccc(-c2cc3nc(C)cc(N4CCC(Cc5ccccc5)CC4)n3n2)cc1OC. The molecule has 0 saturated carbocycles. The minimum Gasteiger partial charge on any atom is -0.493 e. The van der Waals surface area contributed by atoms with Gasteiger partial charge in [-0.05, 0) is 55.9 Å². The molecule has 1 fully saturated rings. The summed E-state index contributed by atoms with van der Waals surface area (Å²) in [6.45, 7) is 4.11. The zero-order chi connectivity index (χ0) is 22.8. The molecule has 4 aromatic rings. The summed E-state index contributed by atoms with van der Waals surface area (Å²) < 4.78 is 12.8. The molecule has 0 amide bonds. The first kappa shape index (κ1) is 21.3. The average Bonchev–Trinajstić information content (AvgIpc) is 3.28. The van der Waals surface area contributed by atoms with E-state index in [0.717, 1.165) is 53.8 Å². The molecule has 1 aliphatic rings. The fourth-order valence-corrected chi connectivity index (χ4v) is 4.76. The van der Waals surface area contributed by atoms with Crippen LogP contribution in [0.2, 0.25) is 0 Å².